The number of hydrogen-bond donors (Lipinski definition) is 0. The molecule has 0 aliphatic rings. The first-order valence-electron chi connectivity index (χ1n) is 13.1. The summed E-state index contributed by atoms with van der Waals surface area (Å²) in [5.74, 6) is 0. The molecule has 0 saturated heterocycles. The van der Waals surface area contributed by atoms with Gasteiger partial charge in [0.05, 0.1) is 11.0 Å². The second kappa shape index (κ2) is 9.33. The van der Waals surface area contributed by atoms with Crippen molar-refractivity contribution in [2.75, 3.05) is 0 Å². The summed E-state index contributed by atoms with van der Waals surface area (Å²) in [6.45, 7) is 0. The monoisotopic (exact) mass is 501 g/mol. The average Bonchev–Trinajstić information content (AvgIpc) is 3.34. The molecule has 0 N–H and O–H groups in total. The first kappa shape index (κ1) is 22.5. The van der Waals surface area contributed by atoms with Gasteiger partial charge in [-0.05, 0) is 45.0 Å². The zero-order valence-electron chi connectivity index (χ0n) is 21.0. The van der Waals surface area contributed by atoms with Gasteiger partial charge in [-0.1, -0.05) is 140 Å². The van der Waals surface area contributed by atoms with E-state index in [0.717, 1.165) is 0 Å². The fourth-order valence-corrected chi connectivity index (χ4v) is 10.9. The Morgan fingerprint density at radius 3 is 1.08 bits per heavy atom. The number of para-hydroxylation sites is 2. The van der Waals surface area contributed by atoms with Gasteiger partial charge in [-0.3, -0.25) is 0 Å². The van der Waals surface area contributed by atoms with E-state index in [0.29, 0.717) is 0 Å². The van der Waals surface area contributed by atoms with Crippen LogP contribution in [0.1, 0.15) is 0 Å². The molecule has 0 amide bonds. The number of rotatable bonds is 5. The predicted molar refractivity (Wildman–Crippen MR) is 164 cm³/mol. The van der Waals surface area contributed by atoms with E-state index in [4.69, 9.17) is 0 Å². The normalized spacial score (nSPS) is 11.7. The molecule has 0 fully saturated rings. The van der Waals surface area contributed by atoms with E-state index < -0.39 is 8.07 Å². The summed E-state index contributed by atoms with van der Waals surface area (Å²) in [6, 6.07) is 60.0. The van der Waals surface area contributed by atoms with Gasteiger partial charge in [-0.15, -0.1) is 0 Å². The van der Waals surface area contributed by atoms with Crippen LogP contribution in [0.15, 0.2) is 164 Å². The molecular weight excluding hydrogens is 474 g/mol. The van der Waals surface area contributed by atoms with Gasteiger partial charge < -0.3 is 4.57 Å². The summed E-state index contributed by atoms with van der Waals surface area (Å²) >= 11 is 0. The topological polar surface area (TPSA) is 4.93 Å². The summed E-state index contributed by atoms with van der Waals surface area (Å²) < 4.78 is 2.39. The highest BCUT2D eigenvalue weighted by Crippen LogP contribution is 2.31. The Morgan fingerprint density at radius 2 is 0.658 bits per heavy atom. The maximum atomic E-state index is 2.39. The number of aromatic nitrogens is 1. The van der Waals surface area contributed by atoms with Crippen LogP contribution in [0.4, 0.5) is 0 Å². The number of benzene rings is 6. The Bertz CT molecular complexity index is 1690. The van der Waals surface area contributed by atoms with Crippen LogP contribution in [0.3, 0.4) is 0 Å². The Kier molecular flexibility index (Phi) is 5.53. The fourth-order valence-electron chi connectivity index (χ4n) is 6.13. The van der Waals surface area contributed by atoms with Crippen molar-refractivity contribution in [1.29, 1.82) is 0 Å². The van der Waals surface area contributed by atoms with Gasteiger partial charge in [0.25, 0.3) is 0 Å². The van der Waals surface area contributed by atoms with E-state index in [1.807, 2.05) is 0 Å². The Hall–Kier alpha value is -4.66. The van der Waals surface area contributed by atoms with Gasteiger partial charge in [0.15, 0.2) is 8.07 Å². The first-order chi connectivity index (χ1) is 18.9. The maximum Gasteiger partial charge on any atom is 0.179 e. The van der Waals surface area contributed by atoms with Crippen LogP contribution < -0.4 is 20.7 Å². The lowest BCUT2D eigenvalue weighted by molar-refractivity contribution is 1.18. The van der Waals surface area contributed by atoms with Gasteiger partial charge in [0.1, 0.15) is 0 Å². The minimum Gasteiger partial charge on any atom is -0.309 e. The molecule has 1 nitrogen and oxygen atoms in total. The van der Waals surface area contributed by atoms with E-state index >= 15 is 0 Å². The SMILES string of the molecule is c1ccc([Si](c2ccccc2)(c2ccccc2)c2ccc(-n3c4ccccc4c4ccccc43)cc2)cc1. The fraction of sp³-hybridized carbons (Fsp3) is 0. The minimum absolute atomic E-state index is 1.18. The third kappa shape index (κ3) is 3.46. The van der Waals surface area contributed by atoms with Crippen LogP contribution in [-0.2, 0) is 0 Å². The van der Waals surface area contributed by atoms with Gasteiger partial charge in [0.2, 0.25) is 0 Å². The van der Waals surface area contributed by atoms with E-state index in [9.17, 15) is 0 Å². The van der Waals surface area contributed by atoms with Crippen LogP contribution in [0.5, 0.6) is 0 Å². The molecule has 1 heterocycles. The third-order valence-electron chi connectivity index (χ3n) is 7.76. The maximum absolute atomic E-state index is 2.52. The van der Waals surface area contributed by atoms with Crippen molar-refractivity contribution in [1.82, 2.24) is 4.57 Å². The van der Waals surface area contributed by atoms with Gasteiger partial charge in [-0.25, -0.2) is 0 Å². The van der Waals surface area contributed by atoms with Crippen LogP contribution >= 0.6 is 0 Å². The highest BCUT2D eigenvalue weighted by Gasteiger charge is 2.41. The number of nitrogens with zero attached hydrogens (tertiary/aromatic N) is 1. The first-order valence-corrected chi connectivity index (χ1v) is 15.1. The Labute approximate surface area is 224 Å². The second-order valence-corrected chi connectivity index (χ2v) is 13.6. The summed E-state index contributed by atoms with van der Waals surface area (Å²) in [6.07, 6.45) is 0. The zero-order chi connectivity index (χ0) is 25.4. The molecule has 0 aliphatic carbocycles. The summed E-state index contributed by atoms with van der Waals surface area (Å²) in [4.78, 5) is 0. The van der Waals surface area contributed by atoms with Crippen LogP contribution in [0, 0.1) is 0 Å². The van der Waals surface area contributed by atoms with Crippen molar-refractivity contribution in [2.45, 2.75) is 0 Å². The molecule has 0 unspecified atom stereocenters. The minimum atomic E-state index is -2.52. The molecule has 7 rings (SSSR count). The predicted octanol–water partition coefficient (Wildman–Crippen LogP) is 6.16. The van der Waals surface area contributed by atoms with Crippen molar-refractivity contribution >= 4 is 50.6 Å². The lowest BCUT2D eigenvalue weighted by Gasteiger charge is -2.34. The molecule has 0 saturated carbocycles. The largest absolute Gasteiger partial charge is 0.309 e. The molecule has 7 aromatic rings. The molecule has 0 bridgehead atoms. The molecular formula is C36H27NSi. The highest BCUT2D eigenvalue weighted by molar-refractivity contribution is 7.19. The molecule has 1 aromatic heterocycles. The highest BCUT2D eigenvalue weighted by atomic mass is 28.3. The number of fused-ring (bicyclic) bond motifs is 3. The van der Waals surface area contributed by atoms with Gasteiger partial charge in [0, 0.05) is 16.5 Å². The standard InChI is InChI=1S/C36H27NSi/c1-4-14-29(15-5-1)38(30-16-6-2-7-17-30,31-18-8-3-9-19-31)32-26-24-28(25-27-32)37-35-22-12-10-20-33(35)34-21-11-13-23-36(34)37/h1-27H. The average molecular weight is 502 g/mol. The molecule has 0 radical (unpaired) electrons. The molecule has 2 heteroatoms. The lowest BCUT2D eigenvalue weighted by Crippen LogP contribution is -2.74. The van der Waals surface area contributed by atoms with Crippen LogP contribution in [0.2, 0.25) is 0 Å². The smallest absolute Gasteiger partial charge is 0.179 e. The summed E-state index contributed by atoms with van der Waals surface area (Å²) in [7, 11) is -2.52. The van der Waals surface area contributed by atoms with E-state index in [1.165, 1.54) is 48.2 Å². The van der Waals surface area contributed by atoms with E-state index in [2.05, 4.69) is 168 Å². The quantitative estimate of drug-likeness (QED) is 0.197. The molecule has 0 atom stereocenters. The van der Waals surface area contributed by atoms with Crippen molar-refractivity contribution in [3.05, 3.63) is 164 Å². The summed E-state index contributed by atoms with van der Waals surface area (Å²) in [5.41, 5.74) is 3.65. The van der Waals surface area contributed by atoms with Crippen molar-refractivity contribution in [3.8, 4) is 5.69 Å². The zero-order valence-corrected chi connectivity index (χ0v) is 22.0. The van der Waals surface area contributed by atoms with Gasteiger partial charge in [-0.2, -0.15) is 0 Å². The molecule has 180 valence electrons. The Balaban J connectivity index is 1.49. The molecule has 38 heavy (non-hydrogen) atoms. The van der Waals surface area contributed by atoms with Crippen LogP contribution in [-0.4, -0.2) is 12.6 Å². The summed E-state index contributed by atoms with van der Waals surface area (Å²) in [5, 5.41) is 8.12. The van der Waals surface area contributed by atoms with Crippen molar-refractivity contribution in [2.24, 2.45) is 0 Å². The van der Waals surface area contributed by atoms with Crippen molar-refractivity contribution < 1.29 is 0 Å². The van der Waals surface area contributed by atoms with E-state index in [-0.39, 0.29) is 0 Å². The van der Waals surface area contributed by atoms with E-state index in [1.54, 1.807) is 0 Å². The van der Waals surface area contributed by atoms with Gasteiger partial charge >= 0.3 is 0 Å². The molecule has 0 aliphatic heterocycles. The molecule has 6 aromatic carbocycles. The Morgan fingerprint density at radius 1 is 0.316 bits per heavy atom. The second-order valence-electron chi connectivity index (χ2n) is 9.76. The third-order valence-corrected chi connectivity index (χ3v) is 12.6. The number of hydrogen-bond acceptors (Lipinski definition) is 0. The lowest BCUT2D eigenvalue weighted by atomic mass is 10.2. The van der Waals surface area contributed by atoms with Crippen molar-refractivity contribution in [3.63, 3.8) is 0 Å². The van der Waals surface area contributed by atoms with Crippen LogP contribution in [0.25, 0.3) is 27.5 Å². The molecule has 0 spiro atoms.